The second kappa shape index (κ2) is 6.45. The number of para-hydroxylation sites is 1. The van der Waals surface area contributed by atoms with Crippen molar-refractivity contribution in [3.05, 3.63) is 47.5 Å². The molecule has 0 radical (unpaired) electrons. The van der Waals surface area contributed by atoms with Gasteiger partial charge in [-0.25, -0.2) is 4.20 Å². The average Bonchev–Trinajstić information content (AvgIpc) is 2.59. The molecule has 0 aliphatic rings. The molecule has 0 saturated heterocycles. The summed E-state index contributed by atoms with van der Waals surface area (Å²) in [7, 11) is -1.84. The van der Waals surface area contributed by atoms with E-state index in [0.717, 1.165) is 34.3 Å². The topological polar surface area (TPSA) is 30.2 Å². The molecule has 3 heteroatoms. The van der Waals surface area contributed by atoms with Gasteiger partial charge in [0.15, 0.2) is 5.58 Å². The van der Waals surface area contributed by atoms with Crippen LogP contribution in [0, 0.1) is 0 Å². The van der Waals surface area contributed by atoms with Crippen molar-refractivity contribution in [3.63, 3.8) is 0 Å². The number of hydrogen-bond donors (Lipinski definition) is 0. The van der Waals surface area contributed by atoms with Crippen LogP contribution in [0.2, 0.25) is 0 Å². The van der Waals surface area contributed by atoms with Crippen molar-refractivity contribution in [2.24, 2.45) is 0 Å². The van der Waals surface area contributed by atoms with Crippen LogP contribution in [0.4, 0.5) is 0 Å². The highest BCUT2D eigenvalue weighted by Gasteiger charge is 2.24. The van der Waals surface area contributed by atoms with E-state index >= 15 is 0 Å². The standard InChI is InChI=1S/C20H24O2P/c1-5-13(3)15-11-17(14(4)6-2)20-18(12-15)16-9-7-8-10-19(16)22-23(20)21/h7-14H,5-6H2,1-4H3/q+1. The van der Waals surface area contributed by atoms with Gasteiger partial charge in [-0.3, -0.25) is 0 Å². The van der Waals surface area contributed by atoms with Crippen LogP contribution >= 0.6 is 7.65 Å². The van der Waals surface area contributed by atoms with E-state index in [2.05, 4.69) is 45.9 Å². The van der Waals surface area contributed by atoms with Crippen LogP contribution in [0.5, 0.6) is 0 Å². The van der Waals surface area contributed by atoms with Crippen molar-refractivity contribution in [1.29, 1.82) is 0 Å². The molecule has 0 aliphatic heterocycles. The first-order valence-electron chi connectivity index (χ1n) is 8.49. The van der Waals surface area contributed by atoms with Crippen molar-refractivity contribution >= 4 is 29.1 Å². The van der Waals surface area contributed by atoms with Gasteiger partial charge in [-0.15, -0.1) is 0 Å². The summed E-state index contributed by atoms with van der Waals surface area (Å²) in [5.74, 6) is 0.872. The summed E-state index contributed by atoms with van der Waals surface area (Å²) in [6.45, 7) is 8.86. The SMILES string of the molecule is CCC(C)c1cc(C(C)CC)c2c(c1)c1ccccc1o[p+]2=O. The van der Waals surface area contributed by atoms with Crippen molar-refractivity contribution in [3.8, 4) is 0 Å². The molecule has 23 heavy (non-hydrogen) atoms. The van der Waals surface area contributed by atoms with Crippen molar-refractivity contribution in [2.75, 3.05) is 0 Å². The minimum Gasteiger partial charge on any atom is -0.250 e. The Balaban J connectivity index is 2.49. The van der Waals surface area contributed by atoms with Gasteiger partial charge in [-0.05, 0) is 46.9 Å². The van der Waals surface area contributed by atoms with Gasteiger partial charge in [0.2, 0.25) is 5.12 Å². The molecule has 0 N–H and O–H groups in total. The van der Waals surface area contributed by atoms with Gasteiger partial charge in [0.1, 0.15) is 0 Å². The quantitative estimate of drug-likeness (QED) is 0.469. The molecule has 0 saturated carbocycles. The Morgan fingerprint density at radius 2 is 1.70 bits per heavy atom. The lowest BCUT2D eigenvalue weighted by atomic mass is 9.89. The fourth-order valence-corrected chi connectivity index (χ4v) is 4.42. The van der Waals surface area contributed by atoms with Crippen LogP contribution in [-0.2, 0) is 4.57 Å². The molecule has 0 spiro atoms. The van der Waals surface area contributed by atoms with E-state index in [1.165, 1.54) is 11.1 Å². The third kappa shape index (κ3) is 2.81. The predicted octanol–water partition coefficient (Wildman–Crippen LogP) is 7.36. The lowest BCUT2D eigenvalue weighted by Crippen LogP contribution is -1.98. The molecule has 120 valence electrons. The zero-order valence-electron chi connectivity index (χ0n) is 14.3. The van der Waals surface area contributed by atoms with E-state index in [1.807, 2.05) is 18.2 Å². The Labute approximate surface area is 138 Å². The minimum atomic E-state index is -1.84. The summed E-state index contributed by atoms with van der Waals surface area (Å²) >= 11 is 0. The first kappa shape index (κ1) is 16.2. The molecule has 3 unspecified atom stereocenters. The van der Waals surface area contributed by atoms with E-state index < -0.39 is 7.65 Å². The van der Waals surface area contributed by atoms with E-state index in [4.69, 9.17) is 4.20 Å². The largest absolute Gasteiger partial charge is 0.598 e. The second-order valence-electron chi connectivity index (χ2n) is 6.47. The summed E-state index contributed by atoms with van der Waals surface area (Å²) in [5, 5.41) is 3.06. The Kier molecular flexibility index (Phi) is 4.55. The maximum absolute atomic E-state index is 12.8. The molecule has 0 amide bonds. The van der Waals surface area contributed by atoms with Gasteiger partial charge in [-0.2, -0.15) is 0 Å². The van der Waals surface area contributed by atoms with Crippen molar-refractivity contribution < 1.29 is 8.76 Å². The van der Waals surface area contributed by atoms with Crippen molar-refractivity contribution in [2.45, 2.75) is 52.4 Å². The van der Waals surface area contributed by atoms with Crippen LogP contribution in [0.15, 0.2) is 40.6 Å². The number of fused-ring (bicyclic) bond motifs is 3. The first-order chi connectivity index (χ1) is 11.1. The predicted molar refractivity (Wildman–Crippen MR) is 98.7 cm³/mol. The second-order valence-corrected chi connectivity index (χ2v) is 7.61. The maximum Gasteiger partial charge on any atom is 0.598 e. The minimum absolute atomic E-state index is 0.376. The van der Waals surface area contributed by atoms with Crippen LogP contribution in [0.3, 0.4) is 0 Å². The van der Waals surface area contributed by atoms with E-state index in [0.29, 0.717) is 11.8 Å². The van der Waals surface area contributed by atoms with E-state index in [-0.39, 0.29) is 0 Å². The zero-order valence-corrected chi connectivity index (χ0v) is 15.2. The van der Waals surface area contributed by atoms with Crippen LogP contribution < -0.4 is 0 Å². The van der Waals surface area contributed by atoms with Crippen LogP contribution in [0.1, 0.15) is 63.5 Å². The van der Waals surface area contributed by atoms with Crippen molar-refractivity contribution in [1.82, 2.24) is 0 Å². The normalized spacial score (nSPS) is 15.0. The number of hydrogen-bond acceptors (Lipinski definition) is 2. The van der Waals surface area contributed by atoms with Gasteiger partial charge < -0.3 is 0 Å². The molecule has 0 fully saturated rings. The Morgan fingerprint density at radius 3 is 2.39 bits per heavy atom. The first-order valence-corrected chi connectivity index (χ1v) is 9.67. The molecular formula is C20H24O2P+. The van der Waals surface area contributed by atoms with Gasteiger partial charge in [0.25, 0.3) is 0 Å². The summed E-state index contributed by atoms with van der Waals surface area (Å²) in [6, 6.07) is 12.4. The molecule has 0 aliphatic carbocycles. The molecule has 1 aromatic heterocycles. The van der Waals surface area contributed by atoms with E-state index in [9.17, 15) is 4.57 Å². The molecule has 3 aromatic rings. The average molecular weight is 327 g/mol. The van der Waals surface area contributed by atoms with Crippen LogP contribution in [0.25, 0.3) is 21.5 Å². The lowest BCUT2D eigenvalue weighted by Gasteiger charge is -2.15. The highest BCUT2D eigenvalue weighted by Crippen LogP contribution is 2.42. The van der Waals surface area contributed by atoms with Gasteiger partial charge in [0.05, 0.1) is 0 Å². The molecule has 0 bridgehead atoms. The number of benzene rings is 2. The number of rotatable bonds is 4. The fourth-order valence-electron chi connectivity index (χ4n) is 3.11. The maximum atomic E-state index is 12.8. The Morgan fingerprint density at radius 1 is 1.00 bits per heavy atom. The lowest BCUT2D eigenvalue weighted by molar-refractivity contribution is 0.563. The molecule has 3 atom stereocenters. The smallest absolute Gasteiger partial charge is 0.250 e. The van der Waals surface area contributed by atoms with E-state index in [1.54, 1.807) is 0 Å². The molecule has 2 nitrogen and oxygen atoms in total. The Bertz CT molecular complexity index is 911. The van der Waals surface area contributed by atoms with Gasteiger partial charge >= 0.3 is 7.65 Å². The highest BCUT2D eigenvalue weighted by molar-refractivity contribution is 7.37. The third-order valence-electron chi connectivity index (χ3n) is 5.03. The summed E-state index contributed by atoms with van der Waals surface area (Å²) in [6.07, 6.45) is 2.13. The summed E-state index contributed by atoms with van der Waals surface area (Å²) in [4.78, 5) is 0. The molecule has 2 aromatic carbocycles. The Hall–Kier alpha value is -1.66. The molecular weight excluding hydrogens is 303 g/mol. The van der Waals surface area contributed by atoms with Gasteiger partial charge in [-0.1, -0.05) is 52.0 Å². The molecule has 1 heterocycles. The third-order valence-corrected chi connectivity index (χ3v) is 6.25. The summed E-state index contributed by atoms with van der Waals surface area (Å²) in [5.41, 5.74) is 3.26. The molecule has 3 rings (SSSR count). The highest BCUT2D eigenvalue weighted by atomic mass is 31.1. The summed E-state index contributed by atoms with van der Waals surface area (Å²) < 4.78 is 18.5. The monoisotopic (exact) mass is 327 g/mol. The zero-order chi connectivity index (χ0) is 16.6. The van der Waals surface area contributed by atoms with Gasteiger partial charge in [0, 0.05) is 16.3 Å². The fraction of sp³-hybridized carbons (Fsp3) is 0.400. The van der Waals surface area contributed by atoms with Crippen LogP contribution in [-0.4, -0.2) is 0 Å².